The predicted molar refractivity (Wildman–Crippen MR) is 113 cm³/mol. The molecule has 1 aromatic carbocycles. The number of fused-ring (bicyclic) bond motifs is 1. The zero-order chi connectivity index (χ0) is 21.3. The SMILES string of the molecule is CN(CCc1cn(C2CCCC(C(=O)O)C2)nn1)C(=O)c1ccc(Br)c2cn[nH]c12. The number of carboxylic acids is 1. The number of amides is 1. The fourth-order valence-corrected chi connectivity index (χ4v) is 4.44. The van der Waals surface area contributed by atoms with Gasteiger partial charge in [0.25, 0.3) is 5.91 Å². The molecule has 1 fully saturated rings. The van der Waals surface area contributed by atoms with E-state index in [0.29, 0.717) is 30.5 Å². The average Bonchev–Trinajstić information content (AvgIpc) is 3.42. The molecule has 2 heterocycles. The van der Waals surface area contributed by atoms with Crippen LogP contribution in [0.15, 0.2) is 29.0 Å². The standard InChI is InChI=1S/C20H23BrN6O3/c1-26(19(28)15-5-6-17(21)16-10-22-24-18(15)16)8-7-13-11-27(25-23-13)14-4-2-3-12(9-14)20(29)30/h5-6,10-12,14H,2-4,7-9H2,1H3,(H,22,24)(H,29,30). The van der Waals surface area contributed by atoms with Gasteiger partial charge in [-0.1, -0.05) is 27.6 Å². The molecule has 2 N–H and O–H groups in total. The molecule has 2 unspecified atom stereocenters. The highest BCUT2D eigenvalue weighted by Gasteiger charge is 2.28. The number of carbonyl (C=O) groups is 2. The Morgan fingerprint density at radius 2 is 2.20 bits per heavy atom. The summed E-state index contributed by atoms with van der Waals surface area (Å²) >= 11 is 3.47. The fraction of sp³-hybridized carbons (Fsp3) is 0.450. The number of H-pyrrole nitrogens is 1. The van der Waals surface area contributed by atoms with Crippen molar-refractivity contribution in [1.29, 1.82) is 0 Å². The van der Waals surface area contributed by atoms with Crippen LogP contribution in [0.1, 0.15) is 47.8 Å². The first-order chi connectivity index (χ1) is 14.4. The Hall–Kier alpha value is -2.75. The minimum Gasteiger partial charge on any atom is -0.481 e. The van der Waals surface area contributed by atoms with Crippen LogP contribution in [0.25, 0.3) is 10.9 Å². The van der Waals surface area contributed by atoms with Gasteiger partial charge < -0.3 is 10.0 Å². The smallest absolute Gasteiger partial charge is 0.306 e. The third-order valence-corrected chi connectivity index (χ3v) is 6.46. The monoisotopic (exact) mass is 474 g/mol. The molecular weight excluding hydrogens is 452 g/mol. The van der Waals surface area contributed by atoms with E-state index in [9.17, 15) is 14.7 Å². The van der Waals surface area contributed by atoms with Crippen LogP contribution < -0.4 is 0 Å². The Morgan fingerprint density at radius 1 is 1.37 bits per heavy atom. The number of nitrogens with one attached hydrogen (secondary N) is 1. The van der Waals surface area contributed by atoms with Gasteiger partial charge in [0.2, 0.25) is 0 Å². The van der Waals surface area contributed by atoms with Gasteiger partial charge in [-0.05, 0) is 31.4 Å². The maximum absolute atomic E-state index is 12.9. The van der Waals surface area contributed by atoms with E-state index in [-0.39, 0.29) is 17.9 Å². The lowest BCUT2D eigenvalue weighted by atomic mass is 9.86. The first-order valence-corrected chi connectivity index (χ1v) is 10.7. The minimum absolute atomic E-state index is 0.0666. The van der Waals surface area contributed by atoms with Crippen molar-refractivity contribution in [1.82, 2.24) is 30.1 Å². The summed E-state index contributed by atoms with van der Waals surface area (Å²) in [5.74, 6) is -1.15. The molecule has 0 radical (unpaired) electrons. The summed E-state index contributed by atoms with van der Waals surface area (Å²) in [5.41, 5.74) is 2.06. The topological polar surface area (TPSA) is 117 Å². The molecule has 1 saturated carbocycles. The molecule has 9 nitrogen and oxygen atoms in total. The molecule has 0 bridgehead atoms. The van der Waals surface area contributed by atoms with Crippen molar-refractivity contribution in [3.63, 3.8) is 0 Å². The lowest BCUT2D eigenvalue weighted by molar-refractivity contribution is -0.143. The zero-order valence-electron chi connectivity index (χ0n) is 16.6. The summed E-state index contributed by atoms with van der Waals surface area (Å²) < 4.78 is 2.67. The van der Waals surface area contributed by atoms with Crippen molar-refractivity contribution >= 4 is 38.7 Å². The highest BCUT2D eigenvalue weighted by molar-refractivity contribution is 9.10. The van der Waals surface area contributed by atoms with Crippen LogP contribution >= 0.6 is 15.9 Å². The molecule has 3 aromatic rings. The van der Waals surface area contributed by atoms with E-state index < -0.39 is 5.97 Å². The second kappa shape index (κ2) is 8.55. The molecule has 2 atom stereocenters. The van der Waals surface area contributed by atoms with Crippen LogP contribution in [-0.2, 0) is 11.2 Å². The molecule has 2 aromatic heterocycles. The zero-order valence-corrected chi connectivity index (χ0v) is 18.2. The van der Waals surface area contributed by atoms with Gasteiger partial charge >= 0.3 is 5.97 Å². The minimum atomic E-state index is -0.737. The Morgan fingerprint density at radius 3 is 3.00 bits per heavy atom. The number of carbonyl (C=O) groups excluding carboxylic acids is 1. The van der Waals surface area contributed by atoms with Crippen molar-refractivity contribution in [3.8, 4) is 0 Å². The highest BCUT2D eigenvalue weighted by Crippen LogP contribution is 2.32. The number of nitrogens with zero attached hydrogens (tertiary/aromatic N) is 5. The summed E-state index contributed by atoms with van der Waals surface area (Å²) in [6.45, 7) is 0.492. The van der Waals surface area contributed by atoms with Crippen molar-refractivity contribution < 1.29 is 14.7 Å². The normalized spacial score (nSPS) is 19.1. The van der Waals surface area contributed by atoms with Crippen molar-refractivity contribution in [3.05, 3.63) is 40.3 Å². The third-order valence-electron chi connectivity index (χ3n) is 5.77. The van der Waals surface area contributed by atoms with E-state index in [2.05, 4.69) is 36.4 Å². The summed E-state index contributed by atoms with van der Waals surface area (Å²) in [4.78, 5) is 25.9. The molecule has 1 aliphatic rings. The summed E-state index contributed by atoms with van der Waals surface area (Å²) in [5, 5.41) is 25.5. The van der Waals surface area contributed by atoms with Crippen LogP contribution in [0.3, 0.4) is 0 Å². The van der Waals surface area contributed by atoms with Gasteiger partial charge in [-0.2, -0.15) is 5.10 Å². The van der Waals surface area contributed by atoms with Crippen molar-refractivity contribution in [2.24, 2.45) is 5.92 Å². The summed E-state index contributed by atoms with van der Waals surface area (Å²) in [6.07, 6.45) is 7.23. The molecule has 30 heavy (non-hydrogen) atoms. The number of halogens is 1. The molecule has 0 saturated heterocycles. The quantitative estimate of drug-likeness (QED) is 0.566. The molecule has 10 heteroatoms. The van der Waals surface area contributed by atoms with Gasteiger partial charge in [-0.3, -0.25) is 14.7 Å². The molecule has 0 aliphatic heterocycles. The largest absolute Gasteiger partial charge is 0.481 e. The number of hydrogen-bond donors (Lipinski definition) is 2. The number of likely N-dealkylation sites (N-methyl/N-ethyl adjacent to an activating group) is 1. The molecular formula is C20H23BrN6O3. The molecule has 1 aliphatic carbocycles. The maximum atomic E-state index is 12.9. The van der Waals surface area contributed by atoms with Crippen LogP contribution in [-0.4, -0.2) is 60.7 Å². The summed E-state index contributed by atoms with van der Waals surface area (Å²) in [7, 11) is 1.76. The number of carboxylic acid groups (broad SMARTS) is 1. The van der Waals surface area contributed by atoms with Crippen molar-refractivity contribution in [2.45, 2.75) is 38.1 Å². The van der Waals surface area contributed by atoms with Gasteiger partial charge in [-0.15, -0.1) is 5.10 Å². The van der Waals surface area contributed by atoms with Crippen LogP contribution in [0.5, 0.6) is 0 Å². The lowest BCUT2D eigenvalue weighted by Crippen LogP contribution is -2.29. The van der Waals surface area contributed by atoms with Crippen LogP contribution in [0.4, 0.5) is 0 Å². The average molecular weight is 475 g/mol. The number of hydrogen-bond acceptors (Lipinski definition) is 5. The molecule has 1 amide bonds. The van der Waals surface area contributed by atoms with Gasteiger partial charge in [0.15, 0.2) is 0 Å². The van der Waals surface area contributed by atoms with Gasteiger partial charge in [0.1, 0.15) is 0 Å². The van der Waals surface area contributed by atoms with E-state index in [4.69, 9.17) is 0 Å². The second-order valence-corrected chi connectivity index (χ2v) is 8.63. The summed E-state index contributed by atoms with van der Waals surface area (Å²) in [6, 6.07) is 3.69. The van der Waals surface area contributed by atoms with Gasteiger partial charge in [-0.25, -0.2) is 4.68 Å². The molecule has 4 rings (SSSR count). The van der Waals surface area contributed by atoms with Gasteiger partial charge in [0.05, 0.1) is 34.9 Å². The third kappa shape index (κ3) is 4.09. The fourth-order valence-electron chi connectivity index (χ4n) is 4.00. The Kier molecular flexibility index (Phi) is 5.85. The number of benzene rings is 1. The number of aromatic amines is 1. The Balaban J connectivity index is 1.39. The maximum Gasteiger partial charge on any atom is 0.306 e. The number of aliphatic carboxylic acids is 1. The predicted octanol–water partition coefficient (Wildman–Crippen LogP) is 3.05. The highest BCUT2D eigenvalue weighted by atomic mass is 79.9. The Bertz CT molecular complexity index is 1080. The van der Waals surface area contributed by atoms with Crippen molar-refractivity contribution in [2.75, 3.05) is 13.6 Å². The van der Waals surface area contributed by atoms with Crippen LogP contribution in [0, 0.1) is 5.92 Å². The van der Waals surface area contributed by atoms with Crippen LogP contribution in [0.2, 0.25) is 0 Å². The first-order valence-electron chi connectivity index (χ1n) is 9.94. The van der Waals surface area contributed by atoms with E-state index in [0.717, 1.165) is 34.8 Å². The lowest BCUT2D eigenvalue weighted by Gasteiger charge is -2.26. The molecule has 0 spiro atoms. The van der Waals surface area contributed by atoms with E-state index in [1.165, 1.54) is 0 Å². The van der Waals surface area contributed by atoms with Gasteiger partial charge in [0, 0.05) is 36.1 Å². The van der Waals surface area contributed by atoms with E-state index >= 15 is 0 Å². The van der Waals surface area contributed by atoms with E-state index in [1.54, 1.807) is 28.9 Å². The number of rotatable bonds is 6. The van der Waals surface area contributed by atoms with E-state index in [1.807, 2.05) is 12.3 Å². The first kappa shape index (κ1) is 20.5. The second-order valence-electron chi connectivity index (χ2n) is 7.78. The Labute approximate surface area is 181 Å². The number of aromatic nitrogens is 5. The molecule has 158 valence electrons.